The molecule has 21 heavy (non-hydrogen) atoms. The van der Waals surface area contributed by atoms with E-state index in [4.69, 9.17) is 0 Å². The summed E-state index contributed by atoms with van der Waals surface area (Å²) in [5, 5.41) is 7.43. The molecule has 1 heterocycles. The monoisotopic (exact) mass is 281 g/mol. The molecule has 0 radical (unpaired) electrons. The van der Waals surface area contributed by atoms with E-state index >= 15 is 0 Å². The van der Waals surface area contributed by atoms with Gasteiger partial charge < -0.3 is 5.32 Å². The van der Waals surface area contributed by atoms with Crippen LogP contribution in [-0.2, 0) is 6.54 Å². The van der Waals surface area contributed by atoms with Gasteiger partial charge in [0.25, 0.3) is 0 Å². The van der Waals surface area contributed by atoms with E-state index in [2.05, 4.69) is 10.4 Å². The highest BCUT2D eigenvalue weighted by Crippen LogP contribution is 2.17. The van der Waals surface area contributed by atoms with Crippen LogP contribution in [-0.4, -0.2) is 9.78 Å². The van der Waals surface area contributed by atoms with Crippen LogP contribution < -0.4 is 5.32 Å². The molecule has 0 aliphatic carbocycles. The summed E-state index contributed by atoms with van der Waals surface area (Å²) in [6, 6.07) is 14.9. The van der Waals surface area contributed by atoms with Gasteiger partial charge in [-0.05, 0) is 36.8 Å². The van der Waals surface area contributed by atoms with Crippen molar-refractivity contribution in [3.8, 4) is 5.69 Å². The number of rotatable bonds is 4. The highest BCUT2D eigenvalue weighted by molar-refractivity contribution is 5.47. The number of hydrogen-bond donors (Lipinski definition) is 1. The molecule has 0 saturated heterocycles. The molecule has 0 saturated carbocycles. The molecule has 0 amide bonds. The van der Waals surface area contributed by atoms with Crippen LogP contribution in [0.3, 0.4) is 0 Å². The van der Waals surface area contributed by atoms with E-state index < -0.39 is 0 Å². The maximum Gasteiger partial charge on any atom is 0.146 e. The summed E-state index contributed by atoms with van der Waals surface area (Å²) < 4.78 is 15.5. The van der Waals surface area contributed by atoms with Crippen molar-refractivity contribution in [3.05, 3.63) is 77.9 Å². The third-order valence-electron chi connectivity index (χ3n) is 3.26. The zero-order valence-corrected chi connectivity index (χ0v) is 11.8. The Hall–Kier alpha value is -2.62. The molecule has 106 valence electrons. The smallest absolute Gasteiger partial charge is 0.146 e. The number of nitrogens with one attached hydrogen (secondary N) is 1. The second-order valence-electron chi connectivity index (χ2n) is 4.97. The van der Waals surface area contributed by atoms with Gasteiger partial charge in [0, 0.05) is 18.3 Å². The van der Waals surface area contributed by atoms with Crippen LogP contribution in [0.25, 0.3) is 5.69 Å². The lowest BCUT2D eigenvalue weighted by atomic mass is 10.2. The minimum atomic E-state index is -0.240. The molecule has 0 spiro atoms. The van der Waals surface area contributed by atoms with Crippen molar-refractivity contribution in [2.75, 3.05) is 5.32 Å². The molecule has 0 unspecified atom stereocenters. The Morgan fingerprint density at radius 3 is 2.76 bits per heavy atom. The fourth-order valence-corrected chi connectivity index (χ4v) is 2.15. The van der Waals surface area contributed by atoms with Crippen LogP contribution in [0, 0.1) is 12.7 Å². The maximum atomic E-state index is 13.7. The normalized spacial score (nSPS) is 10.6. The fourth-order valence-electron chi connectivity index (χ4n) is 2.15. The summed E-state index contributed by atoms with van der Waals surface area (Å²) in [6.07, 6.45) is 3.73. The minimum absolute atomic E-state index is 0.240. The number of aryl methyl sites for hydroxylation is 1. The first-order valence-electron chi connectivity index (χ1n) is 6.81. The Labute approximate surface area is 123 Å². The summed E-state index contributed by atoms with van der Waals surface area (Å²) >= 11 is 0. The summed E-state index contributed by atoms with van der Waals surface area (Å²) in [6.45, 7) is 2.48. The Bertz CT molecular complexity index is 735. The molecule has 2 aromatic carbocycles. The predicted molar refractivity (Wildman–Crippen MR) is 82.0 cm³/mol. The molecule has 3 rings (SSSR count). The second-order valence-corrected chi connectivity index (χ2v) is 4.97. The van der Waals surface area contributed by atoms with E-state index in [1.54, 1.807) is 18.3 Å². The van der Waals surface area contributed by atoms with Gasteiger partial charge in [0.15, 0.2) is 0 Å². The van der Waals surface area contributed by atoms with Gasteiger partial charge in [-0.3, -0.25) is 0 Å². The predicted octanol–water partition coefficient (Wildman–Crippen LogP) is 3.93. The SMILES string of the molecule is Cc1ccc(F)c(NCc2cnn(-c3ccccc3)c2)c1. The first-order valence-corrected chi connectivity index (χ1v) is 6.81. The molecular weight excluding hydrogens is 265 g/mol. The molecule has 3 nitrogen and oxygen atoms in total. The number of aromatic nitrogens is 2. The lowest BCUT2D eigenvalue weighted by Gasteiger charge is -2.07. The van der Waals surface area contributed by atoms with E-state index in [9.17, 15) is 4.39 Å². The topological polar surface area (TPSA) is 29.9 Å². The summed E-state index contributed by atoms with van der Waals surface area (Å²) in [4.78, 5) is 0. The quantitative estimate of drug-likeness (QED) is 0.785. The Kier molecular flexibility index (Phi) is 3.69. The molecule has 3 aromatic rings. The van der Waals surface area contributed by atoms with Gasteiger partial charge in [0.05, 0.1) is 17.6 Å². The van der Waals surface area contributed by atoms with Crippen molar-refractivity contribution < 1.29 is 4.39 Å². The van der Waals surface area contributed by atoms with Crippen molar-refractivity contribution in [3.63, 3.8) is 0 Å². The third kappa shape index (κ3) is 3.11. The largest absolute Gasteiger partial charge is 0.378 e. The van der Waals surface area contributed by atoms with Gasteiger partial charge in [0.1, 0.15) is 5.82 Å². The summed E-state index contributed by atoms with van der Waals surface area (Å²) in [5.74, 6) is -0.240. The van der Waals surface area contributed by atoms with Gasteiger partial charge in [0.2, 0.25) is 0 Å². The van der Waals surface area contributed by atoms with Crippen LogP contribution in [0.15, 0.2) is 60.9 Å². The molecule has 0 aliphatic heterocycles. The van der Waals surface area contributed by atoms with Gasteiger partial charge in [-0.25, -0.2) is 9.07 Å². The van der Waals surface area contributed by atoms with Crippen LogP contribution >= 0.6 is 0 Å². The second kappa shape index (κ2) is 5.79. The van der Waals surface area contributed by atoms with E-state index in [0.717, 1.165) is 16.8 Å². The van der Waals surface area contributed by atoms with Crippen molar-refractivity contribution in [2.24, 2.45) is 0 Å². The highest BCUT2D eigenvalue weighted by Gasteiger charge is 2.04. The van der Waals surface area contributed by atoms with E-state index in [0.29, 0.717) is 12.2 Å². The summed E-state index contributed by atoms with van der Waals surface area (Å²) in [5.41, 5.74) is 3.55. The first-order chi connectivity index (χ1) is 10.2. The Balaban J connectivity index is 1.72. The van der Waals surface area contributed by atoms with Crippen molar-refractivity contribution in [1.29, 1.82) is 0 Å². The molecule has 0 bridgehead atoms. The third-order valence-corrected chi connectivity index (χ3v) is 3.26. The van der Waals surface area contributed by atoms with Gasteiger partial charge in [-0.1, -0.05) is 24.3 Å². The first kappa shape index (κ1) is 13.4. The molecule has 0 fully saturated rings. The number of para-hydroxylation sites is 1. The van der Waals surface area contributed by atoms with Crippen LogP contribution in [0.1, 0.15) is 11.1 Å². The molecular formula is C17H16FN3. The van der Waals surface area contributed by atoms with Gasteiger partial charge in [-0.15, -0.1) is 0 Å². The van der Waals surface area contributed by atoms with E-state index in [1.807, 2.05) is 48.1 Å². The molecule has 1 aromatic heterocycles. The Morgan fingerprint density at radius 2 is 1.95 bits per heavy atom. The van der Waals surface area contributed by atoms with Crippen molar-refractivity contribution >= 4 is 5.69 Å². The number of halogens is 1. The summed E-state index contributed by atoms with van der Waals surface area (Å²) in [7, 11) is 0. The molecule has 4 heteroatoms. The fraction of sp³-hybridized carbons (Fsp3) is 0.118. The standard InChI is InChI=1S/C17H16FN3/c1-13-7-8-16(18)17(9-13)19-10-14-11-20-21(12-14)15-5-3-2-4-6-15/h2-9,11-12,19H,10H2,1H3. The van der Waals surface area contributed by atoms with Gasteiger partial charge >= 0.3 is 0 Å². The highest BCUT2D eigenvalue weighted by atomic mass is 19.1. The van der Waals surface area contributed by atoms with Crippen molar-refractivity contribution in [2.45, 2.75) is 13.5 Å². The zero-order chi connectivity index (χ0) is 14.7. The molecule has 0 atom stereocenters. The van der Waals surface area contributed by atoms with Crippen LogP contribution in [0.2, 0.25) is 0 Å². The van der Waals surface area contributed by atoms with Crippen molar-refractivity contribution in [1.82, 2.24) is 9.78 Å². The van der Waals surface area contributed by atoms with Crippen LogP contribution in [0.4, 0.5) is 10.1 Å². The molecule has 0 aliphatic rings. The average molecular weight is 281 g/mol. The number of anilines is 1. The lowest BCUT2D eigenvalue weighted by molar-refractivity contribution is 0.629. The average Bonchev–Trinajstić information content (AvgIpc) is 2.98. The van der Waals surface area contributed by atoms with Crippen LogP contribution in [0.5, 0.6) is 0 Å². The molecule has 1 N–H and O–H groups in total. The minimum Gasteiger partial charge on any atom is -0.378 e. The Morgan fingerprint density at radius 1 is 1.14 bits per heavy atom. The number of nitrogens with zero attached hydrogens (tertiary/aromatic N) is 2. The van der Waals surface area contributed by atoms with E-state index in [1.165, 1.54) is 6.07 Å². The number of hydrogen-bond acceptors (Lipinski definition) is 2. The number of benzene rings is 2. The van der Waals surface area contributed by atoms with Gasteiger partial charge in [-0.2, -0.15) is 5.10 Å². The van der Waals surface area contributed by atoms with E-state index in [-0.39, 0.29) is 5.82 Å². The lowest BCUT2D eigenvalue weighted by Crippen LogP contribution is -2.01. The zero-order valence-electron chi connectivity index (χ0n) is 11.8. The maximum absolute atomic E-state index is 13.7.